The molecule has 0 radical (unpaired) electrons. The fraction of sp³-hybridized carbons (Fsp3) is 0.636. The third-order valence-electron chi connectivity index (χ3n) is 3.28. The van der Waals surface area contributed by atoms with E-state index in [9.17, 15) is 8.42 Å². The zero-order valence-corrected chi connectivity index (χ0v) is 11.9. The largest absolute Gasteiger partial charge is 0.246 e. The van der Waals surface area contributed by atoms with Gasteiger partial charge in [-0.3, -0.25) is 0 Å². The summed E-state index contributed by atoms with van der Waals surface area (Å²) in [5.41, 5.74) is 0. The maximum atomic E-state index is 12.5. The first-order chi connectivity index (χ1) is 8.43. The van der Waals surface area contributed by atoms with Gasteiger partial charge in [-0.25, -0.2) is 18.4 Å². The highest BCUT2D eigenvalue weighted by Crippen LogP contribution is 2.28. The molecule has 0 N–H and O–H groups in total. The van der Waals surface area contributed by atoms with Gasteiger partial charge < -0.3 is 0 Å². The molecule has 1 aromatic rings. The topological polar surface area (TPSA) is 63.2 Å². The average Bonchev–Trinajstić information content (AvgIpc) is 2.29. The van der Waals surface area contributed by atoms with Gasteiger partial charge in [0.05, 0.1) is 12.4 Å². The summed E-state index contributed by atoms with van der Waals surface area (Å²) in [6.45, 7) is 3.87. The predicted molar refractivity (Wildman–Crippen MR) is 68.8 cm³/mol. The summed E-state index contributed by atoms with van der Waals surface area (Å²) in [7, 11) is -3.53. The lowest BCUT2D eigenvalue weighted by Crippen LogP contribution is -2.47. The van der Waals surface area contributed by atoms with Gasteiger partial charge in [0.15, 0.2) is 0 Å². The summed E-state index contributed by atoms with van der Waals surface area (Å²) in [4.78, 5) is 7.58. The highest BCUT2D eigenvalue weighted by Gasteiger charge is 2.35. The molecule has 1 saturated heterocycles. The normalized spacial score (nSPS) is 26.2. The molecule has 0 bridgehead atoms. The molecule has 2 atom stereocenters. The minimum atomic E-state index is -3.53. The van der Waals surface area contributed by atoms with Crippen LogP contribution in [0.3, 0.4) is 0 Å². The van der Waals surface area contributed by atoms with Gasteiger partial charge in [-0.15, -0.1) is 0 Å². The molecule has 18 heavy (non-hydrogen) atoms. The summed E-state index contributed by atoms with van der Waals surface area (Å²) >= 11 is 5.57. The Bertz CT molecular complexity index is 508. The molecule has 100 valence electrons. The SMILES string of the molecule is C[C@@H]1CCC[C@H](C)N1S(=O)(=O)c1cnc(Cl)nc1. The van der Waals surface area contributed by atoms with E-state index >= 15 is 0 Å². The summed E-state index contributed by atoms with van der Waals surface area (Å²) in [5.74, 6) is 0. The third-order valence-corrected chi connectivity index (χ3v) is 5.56. The molecule has 2 heterocycles. The van der Waals surface area contributed by atoms with Gasteiger partial charge >= 0.3 is 0 Å². The molecule has 0 saturated carbocycles. The Hall–Kier alpha value is -0.720. The second-order valence-electron chi connectivity index (χ2n) is 4.65. The number of nitrogens with zero attached hydrogens (tertiary/aromatic N) is 3. The van der Waals surface area contributed by atoms with Crippen molar-refractivity contribution in [2.24, 2.45) is 0 Å². The van der Waals surface area contributed by atoms with E-state index in [0.717, 1.165) is 19.3 Å². The van der Waals surface area contributed by atoms with Crippen LogP contribution in [-0.4, -0.2) is 34.8 Å². The van der Waals surface area contributed by atoms with Gasteiger partial charge in [0.2, 0.25) is 15.3 Å². The van der Waals surface area contributed by atoms with Crippen molar-refractivity contribution in [1.29, 1.82) is 0 Å². The van der Waals surface area contributed by atoms with Crippen LogP contribution in [0.25, 0.3) is 0 Å². The summed E-state index contributed by atoms with van der Waals surface area (Å²) < 4.78 is 26.6. The van der Waals surface area contributed by atoms with E-state index in [1.165, 1.54) is 12.4 Å². The van der Waals surface area contributed by atoms with Crippen LogP contribution in [0, 0.1) is 0 Å². The Morgan fingerprint density at radius 1 is 1.22 bits per heavy atom. The second kappa shape index (κ2) is 5.11. The van der Waals surface area contributed by atoms with Crippen molar-refractivity contribution in [3.63, 3.8) is 0 Å². The first kappa shape index (κ1) is 13.7. The molecule has 1 aromatic heterocycles. The Morgan fingerprint density at radius 3 is 2.22 bits per heavy atom. The molecular weight excluding hydrogens is 274 g/mol. The van der Waals surface area contributed by atoms with Crippen LogP contribution in [0.2, 0.25) is 5.28 Å². The van der Waals surface area contributed by atoms with E-state index in [4.69, 9.17) is 11.6 Å². The highest BCUT2D eigenvalue weighted by atomic mass is 35.5. The van der Waals surface area contributed by atoms with E-state index in [1.54, 1.807) is 4.31 Å². The van der Waals surface area contributed by atoms with Crippen molar-refractivity contribution in [3.8, 4) is 0 Å². The van der Waals surface area contributed by atoms with Crippen molar-refractivity contribution < 1.29 is 8.42 Å². The van der Waals surface area contributed by atoms with Gasteiger partial charge in [-0.2, -0.15) is 4.31 Å². The monoisotopic (exact) mass is 289 g/mol. The number of hydrogen-bond donors (Lipinski definition) is 0. The van der Waals surface area contributed by atoms with Crippen LogP contribution >= 0.6 is 11.6 Å². The third kappa shape index (κ3) is 2.50. The number of aromatic nitrogens is 2. The molecule has 0 unspecified atom stereocenters. The van der Waals surface area contributed by atoms with E-state index in [0.29, 0.717) is 0 Å². The van der Waals surface area contributed by atoms with Gasteiger partial charge in [0.1, 0.15) is 4.90 Å². The van der Waals surface area contributed by atoms with Crippen molar-refractivity contribution in [2.45, 2.75) is 50.1 Å². The Labute approximate surface area is 112 Å². The molecule has 0 aromatic carbocycles. The van der Waals surface area contributed by atoms with Crippen molar-refractivity contribution in [2.75, 3.05) is 0 Å². The smallest absolute Gasteiger partial charge is 0.225 e. The second-order valence-corrected chi connectivity index (χ2v) is 6.83. The molecule has 1 aliphatic rings. The van der Waals surface area contributed by atoms with Crippen LogP contribution in [0.5, 0.6) is 0 Å². The van der Waals surface area contributed by atoms with Gasteiger partial charge in [-0.05, 0) is 38.3 Å². The lowest BCUT2D eigenvalue weighted by Gasteiger charge is -2.37. The minimum Gasteiger partial charge on any atom is -0.225 e. The lowest BCUT2D eigenvalue weighted by molar-refractivity contribution is 0.204. The van der Waals surface area contributed by atoms with Gasteiger partial charge in [0, 0.05) is 12.1 Å². The Balaban J connectivity index is 2.38. The molecule has 7 heteroatoms. The maximum absolute atomic E-state index is 12.5. The van der Waals surface area contributed by atoms with Crippen molar-refractivity contribution >= 4 is 21.6 Å². The van der Waals surface area contributed by atoms with Crippen LogP contribution in [-0.2, 0) is 10.0 Å². The van der Waals surface area contributed by atoms with E-state index in [1.807, 2.05) is 13.8 Å². The zero-order valence-electron chi connectivity index (χ0n) is 10.4. The van der Waals surface area contributed by atoms with E-state index in [-0.39, 0.29) is 22.3 Å². The summed E-state index contributed by atoms with van der Waals surface area (Å²) in [6, 6.07) is 0.0175. The van der Waals surface area contributed by atoms with Gasteiger partial charge in [-0.1, -0.05) is 6.42 Å². The first-order valence-electron chi connectivity index (χ1n) is 5.94. The minimum absolute atomic E-state index is 0.00873. The maximum Gasteiger partial charge on any atom is 0.246 e. The fourth-order valence-electron chi connectivity index (χ4n) is 2.43. The molecule has 1 aliphatic heterocycles. The van der Waals surface area contributed by atoms with Crippen molar-refractivity contribution in [1.82, 2.24) is 14.3 Å². The zero-order chi connectivity index (χ0) is 13.3. The van der Waals surface area contributed by atoms with Crippen LogP contribution in [0.4, 0.5) is 0 Å². The number of sulfonamides is 1. The number of halogens is 1. The molecular formula is C11H16ClN3O2S. The molecule has 5 nitrogen and oxygen atoms in total. The van der Waals surface area contributed by atoms with Gasteiger partial charge in [0.25, 0.3) is 0 Å². The van der Waals surface area contributed by atoms with Crippen LogP contribution in [0.15, 0.2) is 17.3 Å². The van der Waals surface area contributed by atoms with E-state index < -0.39 is 10.0 Å². The fourth-order valence-corrected chi connectivity index (χ4v) is 4.30. The summed E-state index contributed by atoms with van der Waals surface area (Å²) in [5, 5.41) is 0.0497. The average molecular weight is 290 g/mol. The number of piperidine rings is 1. The highest BCUT2D eigenvalue weighted by molar-refractivity contribution is 7.89. The molecule has 0 amide bonds. The molecule has 2 rings (SSSR count). The Morgan fingerprint density at radius 2 is 1.72 bits per heavy atom. The summed E-state index contributed by atoms with van der Waals surface area (Å²) in [6.07, 6.45) is 5.36. The van der Waals surface area contributed by atoms with E-state index in [2.05, 4.69) is 9.97 Å². The molecule has 0 spiro atoms. The van der Waals surface area contributed by atoms with Crippen molar-refractivity contribution in [3.05, 3.63) is 17.7 Å². The molecule has 1 fully saturated rings. The number of hydrogen-bond acceptors (Lipinski definition) is 4. The predicted octanol–water partition coefficient (Wildman–Crippen LogP) is 2.08. The first-order valence-corrected chi connectivity index (χ1v) is 7.76. The standard InChI is InChI=1S/C11H16ClN3O2S/c1-8-4-3-5-9(2)15(8)18(16,17)10-6-13-11(12)14-7-10/h6-9H,3-5H2,1-2H3/t8-,9+. The van der Waals surface area contributed by atoms with Crippen LogP contribution < -0.4 is 0 Å². The van der Waals surface area contributed by atoms with Crippen LogP contribution in [0.1, 0.15) is 33.1 Å². The molecule has 0 aliphatic carbocycles. The quantitative estimate of drug-likeness (QED) is 0.782. The lowest BCUT2D eigenvalue weighted by atomic mass is 10.0. The Kier molecular flexibility index (Phi) is 3.89. The number of rotatable bonds is 2.